The summed E-state index contributed by atoms with van der Waals surface area (Å²) in [5.74, 6) is 0. The molecule has 0 bridgehead atoms. The second-order valence-corrected chi connectivity index (χ2v) is 4.87. The third kappa shape index (κ3) is 1.70. The minimum atomic E-state index is 0.0598. The van der Waals surface area contributed by atoms with Crippen molar-refractivity contribution in [1.82, 2.24) is 5.32 Å². The second-order valence-electron chi connectivity index (χ2n) is 4.87. The molecule has 2 heteroatoms. The van der Waals surface area contributed by atoms with Crippen LogP contribution in [0.2, 0.25) is 0 Å². The van der Waals surface area contributed by atoms with Crippen LogP contribution in [0.4, 0.5) is 0 Å². The van der Waals surface area contributed by atoms with Gasteiger partial charge in [-0.25, -0.2) is 0 Å². The number of ether oxygens (including phenoxy) is 1. The van der Waals surface area contributed by atoms with E-state index in [4.69, 9.17) is 4.74 Å². The highest BCUT2D eigenvalue weighted by molar-refractivity contribution is 4.94. The van der Waals surface area contributed by atoms with Gasteiger partial charge >= 0.3 is 0 Å². The highest BCUT2D eigenvalue weighted by Gasteiger charge is 2.44. The summed E-state index contributed by atoms with van der Waals surface area (Å²) < 4.78 is 6.41. The predicted molar refractivity (Wildman–Crippen MR) is 58.2 cm³/mol. The smallest absolute Gasteiger partial charge is 0.119 e. The van der Waals surface area contributed by atoms with E-state index in [1.807, 2.05) is 0 Å². The van der Waals surface area contributed by atoms with Gasteiger partial charge in [-0.3, -0.25) is 5.32 Å². The van der Waals surface area contributed by atoms with E-state index in [1.165, 1.54) is 32.1 Å². The molecule has 14 heavy (non-hydrogen) atoms. The highest BCUT2D eigenvalue weighted by atomic mass is 16.5. The lowest BCUT2D eigenvalue weighted by Crippen LogP contribution is -2.58. The Labute approximate surface area is 87.4 Å². The molecule has 0 unspecified atom stereocenters. The van der Waals surface area contributed by atoms with Crippen molar-refractivity contribution in [2.45, 2.75) is 70.1 Å². The quantitative estimate of drug-likeness (QED) is 0.735. The van der Waals surface area contributed by atoms with Crippen molar-refractivity contribution in [3.05, 3.63) is 0 Å². The van der Waals surface area contributed by atoms with Crippen molar-refractivity contribution in [2.75, 3.05) is 6.54 Å². The Morgan fingerprint density at radius 1 is 1.07 bits per heavy atom. The zero-order chi connectivity index (χ0) is 10.1. The first kappa shape index (κ1) is 10.4. The van der Waals surface area contributed by atoms with Crippen LogP contribution in [0.25, 0.3) is 0 Å². The van der Waals surface area contributed by atoms with Gasteiger partial charge in [0.05, 0.1) is 5.60 Å². The second kappa shape index (κ2) is 3.82. The number of hydrogen-bond acceptors (Lipinski definition) is 2. The van der Waals surface area contributed by atoms with Gasteiger partial charge in [0.1, 0.15) is 5.72 Å². The van der Waals surface area contributed by atoms with Gasteiger partial charge < -0.3 is 4.74 Å². The first-order valence-corrected chi connectivity index (χ1v) is 6.19. The van der Waals surface area contributed by atoms with Gasteiger partial charge in [-0.1, -0.05) is 13.8 Å². The highest BCUT2D eigenvalue weighted by Crippen LogP contribution is 2.40. The number of nitrogens with one attached hydrogen (secondary N) is 1. The maximum atomic E-state index is 6.41. The monoisotopic (exact) mass is 197 g/mol. The van der Waals surface area contributed by atoms with Gasteiger partial charge in [-0.2, -0.15) is 0 Å². The van der Waals surface area contributed by atoms with Crippen LogP contribution in [0.3, 0.4) is 0 Å². The summed E-state index contributed by atoms with van der Waals surface area (Å²) in [6, 6.07) is 0. The molecule has 2 nitrogen and oxygen atoms in total. The number of rotatable bonds is 2. The molecule has 1 spiro atoms. The zero-order valence-electron chi connectivity index (χ0n) is 9.57. The zero-order valence-corrected chi connectivity index (χ0v) is 9.57. The van der Waals surface area contributed by atoms with Crippen LogP contribution in [0.1, 0.15) is 58.8 Å². The van der Waals surface area contributed by atoms with Crippen molar-refractivity contribution in [3.8, 4) is 0 Å². The summed E-state index contributed by atoms with van der Waals surface area (Å²) >= 11 is 0. The van der Waals surface area contributed by atoms with E-state index < -0.39 is 0 Å². The molecule has 1 aliphatic carbocycles. The van der Waals surface area contributed by atoms with Crippen LogP contribution >= 0.6 is 0 Å². The SMILES string of the molecule is CCC1(CC)CCNC2(CCCC2)O1. The molecular weight excluding hydrogens is 174 g/mol. The molecule has 1 aliphatic heterocycles. The Balaban J connectivity index is 2.09. The van der Waals surface area contributed by atoms with E-state index in [0.29, 0.717) is 0 Å². The fourth-order valence-corrected chi connectivity index (χ4v) is 2.99. The molecule has 0 aromatic rings. The summed E-state index contributed by atoms with van der Waals surface area (Å²) in [6.07, 6.45) is 8.60. The molecule has 0 aromatic carbocycles. The van der Waals surface area contributed by atoms with Gasteiger partial charge in [0, 0.05) is 6.54 Å². The minimum absolute atomic E-state index is 0.0598. The summed E-state index contributed by atoms with van der Waals surface area (Å²) in [7, 11) is 0. The first-order valence-electron chi connectivity index (χ1n) is 6.19. The van der Waals surface area contributed by atoms with E-state index in [1.54, 1.807) is 0 Å². The Kier molecular flexibility index (Phi) is 2.85. The maximum absolute atomic E-state index is 6.41. The van der Waals surface area contributed by atoms with Crippen LogP contribution in [0.15, 0.2) is 0 Å². The first-order chi connectivity index (χ1) is 6.74. The van der Waals surface area contributed by atoms with Crippen molar-refractivity contribution >= 4 is 0 Å². The average molecular weight is 197 g/mol. The van der Waals surface area contributed by atoms with E-state index in [9.17, 15) is 0 Å². The van der Waals surface area contributed by atoms with Gasteiger partial charge in [0.15, 0.2) is 0 Å². The van der Waals surface area contributed by atoms with Crippen LogP contribution < -0.4 is 5.32 Å². The summed E-state index contributed by atoms with van der Waals surface area (Å²) in [5.41, 5.74) is 0.236. The molecule has 0 aromatic heterocycles. The largest absolute Gasteiger partial charge is 0.354 e. The van der Waals surface area contributed by atoms with Crippen LogP contribution in [-0.4, -0.2) is 17.9 Å². The predicted octanol–water partition coefficient (Wildman–Crippen LogP) is 2.83. The number of hydrogen-bond donors (Lipinski definition) is 1. The average Bonchev–Trinajstić information content (AvgIpc) is 2.66. The molecule has 0 atom stereocenters. The van der Waals surface area contributed by atoms with Crippen LogP contribution in [-0.2, 0) is 4.74 Å². The molecule has 0 amide bonds. The van der Waals surface area contributed by atoms with Crippen molar-refractivity contribution < 1.29 is 4.74 Å². The minimum Gasteiger partial charge on any atom is -0.354 e. The van der Waals surface area contributed by atoms with Crippen molar-refractivity contribution in [2.24, 2.45) is 0 Å². The lowest BCUT2D eigenvalue weighted by atomic mass is 9.89. The molecule has 1 N–H and O–H groups in total. The van der Waals surface area contributed by atoms with Gasteiger partial charge in [0.2, 0.25) is 0 Å². The summed E-state index contributed by atoms with van der Waals surface area (Å²) in [4.78, 5) is 0. The fourth-order valence-electron chi connectivity index (χ4n) is 2.99. The lowest BCUT2D eigenvalue weighted by Gasteiger charge is -2.47. The van der Waals surface area contributed by atoms with Crippen LogP contribution in [0, 0.1) is 0 Å². The molecule has 1 heterocycles. The Morgan fingerprint density at radius 3 is 2.29 bits per heavy atom. The van der Waals surface area contributed by atoms with Gasteiger partial charge in [-0.05, 0) is 44.9 Å². The molecule has 2 aliphatic rings. The standard InChI is InChI=1S/C12H23NO/c1-3-11(4-2)9-10-13-12(14-11)7-5-6-8-12/h13H,3-10H2,1-2H3. The lowest BCUT2D eigenvalue weighted by molar-refractivity contribution is -0.200. The van der Waals surface area contributed by atoms with Gasteiger partial charge in [0.25, 0.3) is 0 Å². The Bertz CT molecular complexity index is 188. The third-order valence-electron chi connectivity index (χ3n) is 4.14. The topological polar surface area (TPSA) is 21.3 Å². The fraction of sp³-hybridized carbons (Fsp3) is 1.00. The van der Waals surface area contributed by atoms with Crippen molar-refractivity contribution in [3.63, 3.8) is 0 Å². The molecule has 1 saturated heterocycles. The van der Waals surface area contributed by atoms with Crippen molar-refractivity contribution in [1.29, 1.82) is 0 Å². The summed E-state index contributed by atoms with van der Waals surface area (Å²) in [5, 5.41) is 3.60. The van der Waals surface area contributed by atoms with E-state index in [2.05, 4.69) is 19.2 Å². The Hall–Kier alpha value is -0.0800. The summed E-state index contributed by atoms with van der Waals surface area (Å²) in [6.45, 7) is 5.66. The molecule has 2 fully saturated rings. The normalized spacial score (nSPS) is 29.6. The molecule has 0 radical (unpaired) electrons. The van der Waals surface area contributed by atoms with E-state index >= 15 is 0 Å². The maximum Gasteiger partial charge on any atom is 0.119 e. The Morgan fingerprint density at radius 2 is 1.71 bits per heavy atom. The van der Waals surface area contributed by atoms with E-state index in [-0.39, 0.29) is 11.3 Å². The third-order valence-corrected chi connectivity index (χ3v) is 4.14. The molecule has 82 valence electrons. The molecular formula is C12H23NO. The molecule has 1 saturated carbocycles. The van der Waals surface area contributed by atoms with E-state index in [0.717, 1.165) is 19.4 Å². The van der Waals surface area contributed by atoms with Gasteiger partial charge in [-0.15, -0.1) is 0 Å². The van der Waals surface area contributed by atoms with Crippen LogP contribution in [0.5, 0.6) is 0 Å². The molecule has 2 rings (SSSR count).